The third-order valence-corrected chi connectivity index (χ3v) is 2.91. The molecule has 1 rings (SSSR count). The van der Waals surface area contributed by atoms with Gasteiger partial charge in [0, 0.05) is 33.2 Å². The molecule has 0 spiro atoms. The fourth-order valence-electron chi connectivity index (χ4n) is 1.50. The number of likely N-dealkylation sites (N-methyl/N-ethyl adjacent to an activating group) is 3. The van der Waals surface area contributed by atoms with Gasteiger partial charge >= 0.3 is 0 Å². The van der Waals surface area contributed by atoms with Gasteiger partial charge in [-0.25, -0.2) is 0 Å². The predicted octanol–water partition coefficient (Wildman–Crippen LogP) is 0.102. The van der Waals surface area contributed by atoms with E-state index >= 15 is 0 Å². The number of nitrogens with zero attached hydrogens (tertiary/aromatic N) is 3. The monoisotopic (exact) mass is 185 g/mol. The normalized spacial score (nSPS) is 27.7. The molecule has 0 saturated carbocycles. The molecule has 0 N–H and O–H groups in total. The van der Waals surface area contributed by atoms with Gasteiger partial charge in [0.1, 0.15) is 0 Å². The zero-order valence-electron chi connectivity index (χ0n) is 9.29. The fraction of sp³-hybridized carbons (Fsp3) is 0.900. The van der Waals surface area contributed by atoms with E-state index in [1.807, 2.05) is 0 Å². The summed E-state index contributed by atoms with van der Waals surface area (Å²) >= 11 is 0. The van der Waals surface area contributed by atoms with Crippen molar-refractivity contribution in [1.29, 1.82) is 0 Å². The Labute approximate surface area is 82.5 Å². The van der Waals surface area contributed by atoms with Crippen molar-refractivity contribution >= 4 is 0 Å². The van der Waals surface area contributed by atoms with Crippen LogP contribution in [0.5, 0.6) is 0 Å². The molecule has 0 aromatic rings. The molecule has 3 nitrogen and oxygen atoms in total. The molecule has 1 heterocycles. The molecule has 1 fully saturated rings. The van der Waals surface area contributed by atoms with Gasteiger partial charge in [-0.05, 0) is 14.1 Å². The van der Waals surface area contributed by atoms with Crippen molar-refractivity contribution in [2.75, 3.05) is 60.4 Å². The quantitative estimate of drug-likeness (QED) is 0.390. The van der Waals surface area contributed by atoms with Gasteiger partial charge in [0.2, 0.25) is 0 Å². The van der Waals surface area contributed by atoms with E-state index in [2.05, 4.69) is 38.0 Å². The Hall–Kier alpha value is -0.120. The number of hydrogen-bond donors (Lipinski definition) is 0. The molecule has 0 bridgehead atoms. The topological polar surface area (TPSA) is 6.48 Å². The van der Waals surface area contributed by atoms with E-state index in [4.69, 9.17) is 0 Å². The Balaban J connectivity index is 2.49. The van der Waals surface area contributed by atoms with Crippen LogP contribution >= 0.6 is 0 Å². The zero-order chi connectivity index (χ0) is 9.90. The average molecular weight is 185 g/mol. The first-order valence-corrected chi connectivity index (χ1v) is 5.06. The van der Waals surface area contributed by atoms with Gasteiger partial charge in [0.25, 0.3) is 0 Å². The molecule has 1 aliphatic heterocycles. The number of rotatable bonds is 0. The highest BCUT2D eigenvalue weighted by Gasteiger charge is 2.14. The van der Waals surface area contributed by atoms with Gasteiger partial charge in [-0.15, -0.1) is 7.05 Å². The summed E-state index contributed by atoms with van der Waals surface area (Å²) < 4.78 is 0.898. The summed E-state index contributed by atoms with van der Waals surface area (Å²) in [4.78, 5) is 4.78. The molecule has 13 heavy (non-hydrogen) atoms. The maximum Gasteiger partial charge on any atom is 0.0673 e. The Morgan fingerprint density at radius 3 is 1.69 bits per heavy atom. The van der Waals surface area contributed by atoms with Crippen molar-refractivity contribution in [2.45, 2.75) is 0 Å². The second-order valence-corrected chi connectivity index (χ2v) is 4.67. The van der Waals surface area contributed by atoms with E-state index in [-0.39, 0.29) is 0 Å². The van der Waals surface area contributed by atoms with Gasteiger partial charge < -0.3 is 4.48 Å². The van der Waals surface area contributed by atoms with Crippen LogP contribution in [0.1, 0.15) is 0 Å². The molecule has 0 unspecified atom stereocenters. The highest BCUT2D eigenvalue weighted by atomic mass is 15.3. The molecule has 0 aromatic carbocycles. The third kappa shape index (κ3) is 4.07. The van der Waals surface area contributed by atoms with Gasteiger partial charge in [0.05, 0.1) is 13.1 Å². The molecular weight excluding hydrogens is 162 g/mol. The minimum atomic E-state index is 0.898. The lowest BCUT2D eigenvalue weighted by atomic mass is 10.4. The smallest absolute Gasteiger partial charge is 0.0673 e. The van der Waals surface area contributed by atoms with Crippen LogP contribution < -0.4 is 0 Å². The van der Waals surface area contributed by atoms with Gasteiger partial charge in [-0.3, -0.25) is 9.80 Å². The number of quaternary nitrogens is 1. The van der Waals surface area contributed by atoms with Crippen LogP contribution in [0, 0.1) is 7.05 Å². The Kier molecular flexibility index (Phi) is 3.71. The lowest BCUT2D eigenvalue weighted by Crippen LogP contribution is -2.44. The van der Waals surface area contributed by atoms with E-state index in [9.17, 15) is 0 Å². The molecule has 78 valence electrons. The standard InChI is InChI=1S/C10H23N3/c1-11-5-6-12(2)8-10-13(3,4)9-7-11/h3,5-10H2,1-2,4H3. The van der Waals surface area contributed by atoms with Crippen LogP contribution in [0.25, 0.3) is 0 Å². The first-order valence-electron chi connectivity index (χ1n) is 5.06. The summed E-state index contributed by atoms with van der Waals surface area (Å²) in [6.45, 7) is 6.99. The van der Waals surface area contributed by atoms with Crippen LogP contribution in [0.2, 0.25) is 0 Å². The van der Waals surface area contributed by atoms with Crippen molar-refractivity contribution in [3.63, 3.8) is 0 Å². The van der Waals surface area contributed by atoms with Crippen LogP contribution in [-0.2, 0) is 0 Å². The van der Waals surface area contributed by atoms with Gasteiger partial charge in [-0.2, -0.15) is 0 Å². The first kappa shape index (κ1) is 11.0. The fourth-order valence-corrected chi connectivity index (χ4v) is 1.50. The SMILES string of the molecule is [CH2-][N+]1(C)CCN(C)CCN(C)CC1. The molecular formula is C10H23N3. The van der Waals surface area contributed by atoms with E-state index in [1.54, 1.807) is 0 Å². The molecule has 0 atom stereocenters. The predicted molar refractivity (Wildman–Crippen MR) is 56.3 cm³/mol. The molecule has 0 radical (unpaired) electrons. The first-order chi connectivity index (χ1) is 5.99. The third-order valence-electron chi connectivity index (χ3n) is 2.91. The molecule has 0 aliphatic carbocycles. The van der Waals surface area contributed by atoms with Crippen molar-refractivity contribution in [1.82, 2.24) is 9.80 Å². The highest BCUT2D eigenvalue weighted by molar-refractivity contribution is 4.60. The average Bonchev–Trinajstić information content (AvgIpc) is 2.11. The zero-order valence-corrected chi connectivity index (χ0v) is 9.29. The minimum absolute atomic E-state index is 0.898. The van der Waals surface area contributed by atoms with E-state index < -0.39 is 0 Å². The summed E-state index contributed by atoms with van der Waals surface area (Å²) in [7, 11) is 10.8. The van der Waals surface area contributed by atoms with Crippen LogP contribution in [0.4, 0.5) is 0 Å². The van der Waals surface area contributed by atoms with Crippen LogP contribution in [0.3, 0.4) is 0 Å². The minimum Gasteiger partial charge on any atom is -0.457 e. The summed E-state index contributed by atoms with van der Waals surface area (Å²) in [5, 5.41) is 0. The maximum absolute atomic E-state index is 4.23. The molecule has 3 heteroatoms. The Morgan fingerprint density at radius 1 is 0.923 bits per heavy atom. The van der Waals surface area contributed by atoms with Crippen molar-refractivity contribution in [3.8, 4) is 0 Å². The summed E-state index contributed by atoms with van der Waals surface area (Å²) in [5.41, 5.74) is 0. The molecule has 1 aliphatic rings. The van der Waals surface area contributed by atoms with Gasteiger partial charge in [0.15, 0.2) is 0 Å². The second-order valence-electron chi connectivity index (χ2n) is 4.67. The molecule has 0 aromatic heterocycles. The largest absolute Gasteiger partial charge is 0.457 e. The van der Waals surface area contributed by atoms with Crippen molar-refractivity contribution in [3.05, 3.63) is 7.05 Å². The lowest BCUT2D eigenvalue weighted by molar-refractivity contribution is -0.864. The molecule has 0 amide bonds. The Bertz CT molecular complexity index is 140. The van der Waals surface area contributed by atoms with E-state index in [0.29, 0.717) is 0 Å². The Morgan fingerprint density at radius 2 is 1.31 bits per heavy atom. The molecule has 1 saturated heterocycles. The van der Waals surface area contributed by atoms with E-state index in [1.165, 1.54) is 13.1 Å². The highest BCUT2D eigenvalue weighted by Crippen LogP contribution is 2.02. The second kappa shape index (κ2) is 4.40. The van der Waals surface area contributed by atoms with Crippen molar-refractivity contribution in [2.24, 2.45) is 0 Å². The van der Waals surface area contributed by atoms with Gasteiger partial charge in [-0.1, -0.05) is 0 Å². The summed E-state index contributed by atoms with van der Waals surface area (Å²) in [5.74, 6) is 0. The van der Waals surface area contributed by atoms with Crippen LogP contribution in [0.15, 0.2) is 0 Å². The summed E-state index contributed by atoms with van der Waals surface area (Å²) in [6, 6.07) is 0. The van der Waals surface area contributed by atoms with Crippen LogP contribution in [-0.4, -0.2) is 74.7 Å². The maximum atomic E-state index is 4.23. The lowest BCUT2D eigenvalue weighted by Gasteiger charge is -2.39. The number of hydrogen-bond acceptors (Lipinski definition) is 2. The van der Waals surface area contributed by atoms with Crippen molar-refractivity contribution < 1.29 is 4.48 Å². The van der Waals surface area contributed by atoms with E-state index in [0.717, 1.165) is 30.7 Å². The summed E-state index contributed by atoms with van der Waals surface area (Å²) in [6.07, 6.45) is 0.